The van der Waals surface area contributed by atoms with Crippen LogP contribution in [0.15, 0.2) is 76.6 Å². The molecular formula is C23H24N4O4S. The minimum absolute atomic E-state index is 0.175. The summed E-state index contributed by atoms with van der Waals surface area (Å²) in [5.41, 5.74) is 0.324. The monoisotopic (exact) mass is 452 g/mol. The molecule has 4 rings (SSSR count). The lowest BCUT2D eigenvalue weighted by molar-refractivity contribution is 0.101. The first kappa shape index (κ1) is 21.9. The average molecular weight is 453 g/mol. The van der Waals surface area contributed by atoms with E-state index in [2.05, 4.69) is 17.3 Å². The van der Waals surface area contributed by atoms with Crippen LogP contribution in [0.5, 0.6) is 0 Å². The zero-order chi connectivity index (χ0) is 22.7. The second kappa shape index (κ2) is 9.05. The number of carbonyl (C=O) groups is 1. The van der Waals surface area contributed by atoms with Crippen molar-refractivity contribution in [2.24, 2.45) is 5.92 Å². The van der Waals surface area contributed by atoms with Gasteiger partial charge in [0.2, 0.25) is 15.5 Å². The van der Waals surface area contributed by atoms with Crippen molar-refractivity contribution in [3.05, 3.63) is 82.8 Å². The molecule has 166 valence electrons. The van der Waals surface area contributed by atoms with Crippen LogP contribution in [0.3, 0.4) is 0 Å². The van der Waals surface area contributed by atoms with Gasteiger partial charge in [0.15, 0.2) is 5.69 Å². The van der Waals surface area contributed by atoms with Gasteiger partial charge in [-0.05, 0) is 55.2 Å². The van der Waals surface area contributed by atoms with E-state index in [4.69, 9.17) is 0 Å². The van der Waals surface area contributed by atoms with Crippen molar-refractivity contribution < 1.29 is 13.2 Å². The first-order chi connectivity index (χ1) is 15.3. The van der Waals surface area contributed by atoms with Gasteiger partial charge >= 0.3 is 0 Å². The maximum Gasteiger partial charge on any atom is 0.280 e. The molecule has 1 aromatic heterocycles. The second-order valence-corrected chi connectivity index (χ2v) is 9.81. The summed E-state index contributed by atoms with van der Waals surface area (Å²) >= 11 is 0. The predicted octanol–water partition coefficient (Wildman–Crippen LogP) is 2.91. The number of sulfonamides is 1. The van der Waals surface area contributed by atoms with Gasteiger partial charge in [0, 0.05) is 31.0 Å². The van der Waals surface area contributed by atoms with Crippen molar-refractivity contribution >= 4 is 21.6 Å². The van der Waals surface area contributed by atoms with Crippen molar-refractivity contribution in [3.8, 4) is 5.69 Å². The highest BCUT2D eigenvalue weighted by Crippen LogP contribution is 2.24. The Morgan fingerprint density at radius 2 is 1.66 bits per heavy atom. The molecule has 8 nitrogen and oxygen atoms in total. The highest BCUT2D eigenvalue weighted by Gasteiger charge is 2.28. The van der Waals surface area contributed by atoms with Crippen molar-refractivity contribution in [2.75, 3.05) is 18.4 Å². The molecule has 1 saturated heterocycles. The van der Waals surface area contributed by atoms with Crippen LogP contribution < -0.4 is 10.7 Å². The summed E-state index contributed by atoms with van der Waals surface area (Å²) in [5.74, 6) is -0.141. The number of carbonyl (C=O) groups excluding carboxylic acids is 1. The molecule has 0 radical (unpaired) electrons. The third kappa shape index (κ3) is 4.63. The Bertz CT molecular complexity index is 1260. The molecule has 2 heterocycles. The van der Waals surface area contributed by atoms with Gasteiger partial charge in [-0.15, -0.1) is 0 Å². The minimum atomic E-state index is -3.57. The summed E-state index contributed by atoms with van der Waals surface area (Å²) in [4.78, 5) is 25.0. The first-order valence-electron chi connectivity index (χ1n) is 10.4. The number of hydrogen-bond donors (Lipinski definition) is 1. The SMILES string of the molecule is CC1CCN(S(=O)(=O)c2ccc(NC(=O)c3nn(-c4ccccc4)ccc3=O)cc2)CC1. The Balaban J connectivity index is 1.50. The van der Waals surface area contributed by atoms with Crippen LogP contribution in [-0.2, 0) is 10.0 Å². The topological polar surface area (TPSA) is 101 Å². The maximum absolute atomic E-state index is 12.9. The number of amides is 1. The number of benzene rings is 2. The lowest BCUT2D eigenvalue weighted by Gasteiger charge is -2.29. The van der Waals surface area contributed by atoms with E-state index in [1.54, 1.807) is 12.1 Å². The van der Waals surface area contributed by atoms with Crippen LogP contribution in [0.25, 0.3) is 5.69 Å². The van der Waals surface area contributed by atoms with Crippen LogP contribution in [0.2, 0.25) is 0 Å². The summed E-state index contributed by atoms with van der Waals surface area (Å²) in [6.45, 7) is 3.14. The molecule has 3 aromatic rings. The third-order valence-electron chi connectivity index (χ3n) is 5.54. The maximum atomic E-state index is 12.9. The van der Waals surface area contributed by atoms with Gasteiger partial charge in [-0.2, -0.15) is 9.40 Å². The number of nitrogens with zero attached hydrogens (tertiary/aromatic N) is 3. The van der Waals surface area contributed by atoms with Crippen molar-refractivity contribution in [2.45, 2.75) is 24.7 Å². The quantitative estimate of drug-likeness (QED) is 0.641. The van der Waals surface area contributed by atoms with Crippen LogP contribution >= 0.6 is 0 Å². The number of hydrogen-bond acceptors (Lipinski definition) is 5. The Labute approximate surface area is 186 Å². The largest absolute Gasteiger partial charge is 0.320 e. The van der Waals surface area contributed by atoms with Gasteiger partial charge in [0.05, 0.1) is 10.6 Å². The zero-order valence-electron chi connectivity index (χ0n) is 17.6. The highest BCUT2D eigenvalue weighted by molar-refractivity contribution is 7.89. The Hall–Kier alpha value is -3.30. The van der Waals surface area contributed by atoms with Crippen LogP contribution in [-0.4, -0.2) is 41.5 Å². The fraction of sp³-hybridized carbons (Fsp3) is 0.261. The molecule has 0 atom stereocenters. The van der Waals surface area contributed by atoms with Crippen molar-refractivity contribution in [3.63, 3.8) is 0 Å². The molecule has 1 amide bonds. The van der Waals surface area contributed by atoms with Gasteiger partial charge in [-0.3, -0.25) is 9.59 Å². The molecule has 9 heteroatoms. The lowest BCUT2D eigenvalue weighted by Crippen LogP contribution is -2.37. The van der Waals surface area contributed by atoms with E-state index >= 15 is 0 Å². The first-order valence-corrected chi connectivity index (χ1v) is 11.9. The van der Waals surface area contributed by atoms with E-state index < -0.39 is 21.4 Å². The van der Waals surface area contributed by atoms with Gasteiger partial charge in [0.25, 0.3) is 5.91 Å². The second-order valence-electron chi connectivity index (χ2n) is 7.87. The number of para-hydroxylation sites is 1. The Kier molecular flexibility index (Phi) is 6.20. The molecule has 2 aromatic carbocycles. The minimum Gasteiger partial charge on any atom is -0.320 e. The van der Waals surface area contributed by atoms with Crippen molar-refractivity contribution in [1.29, 1.82) is 0 Å². The van der Waals surface area contributed by atoms with Crippen LogP contribution in [0, 0.1) is 5.92 Å². The summed E-state index contributed by atoms with van der Waals surface area (Å²) in [6, 6.07) is 16.4. The summed E-state index contributed by atoms with van der Waals surface area (Å²) in [7, 11) is -3.57. The van der Waals surface area contributed by atoms with Gasteiger partial charge in [0.1, 0.15) is 0 Å². The fourth-order valence-corrected chi connectivity index (χ4v) is 5.03. The molecule has 0 bridgehead atoms. The Morgan fingerprint density at radius 3 is 2.31 bits per heavy atom. The molecule has 32 heavy (non-hydrogen) atoms. The van der Waals surface area contributed by atoms with Gasteiger partial charge in [-0.1, -0.05) is 25.1 Å². The van der Waals surface area contributed by atoms with E-state index in [9.17, 15) is 18.0 Å². The summed E-state index contributed by atoms with van der Waals surface area (Å²) < 4.78 is 28.7. The molecular weight excluding hydrogens is 428 g/mol. The number of anilines is 1. The number of piperidine rings is 1. The standard InChI is InChI=1S/C23H24N4O4S/c1-17-11-14-26(15-12-17)32(30,31)20-9-7-18(8-10-20)24-23(29)22-21(28)13-16-27(25-22)19-5-3-2-4-6-19/h2-10,13,16-17H,11-12,14-15H2,1H3,(H,24,29). The average Bonchev–Trinajstić information content (AvgIpc) is 2.80. The molecule has 1 aliphatic rings. The molecule has 0 spiro atoms. The molecule has 1 aliphatic heterocycles. The van der Waals surface area contributed by atoms with E-state index in [0.29, 0.717) is 30.4 Å². The fourth-order valence-electron chi connectivity index (χ4n) is 3.56. The van der Waals surface area contributed by atoms with Gasteiger partial charge in [-0.25, -0.2) is 13.1 Å². The van der Waals surface area contributed by atoms with Gasteiger partial charge < -0.3 is 5.32 Å². The summed E-state index contributed by atoms with van der Waals surface area (Å²) in [5, 5.41) is 6.77. The third-order valence-corrected chi connectivity index (χ3v) is 7.45. The zero-order valence-corrected chi connectivity index (χ0v) is 18.5. The number of nitrogens with one attached hydrogen (secondary N) is 1. The molecule has 0 saturated carbocycles. The summed E-state index contributed by atoms with van der Waals surface area (Å²) in [6.07, 6.45) is 3.19. The van der Waals surface area contributed by atoms with E-state index in [0.717, 1.165) is 12.8 Å². The number of rotatable bonds is 5. The Morgan fingerprint density at radius 1 is 1.00 bits per heavy atom. The normalized spacial score (nSPS) is 15.4. The smallest absolute Gasteiger partial charge is 0.280 e. The molecule has 0 unspecified atom stereocenters. The van der Waals surface area contributed by atoms with E-state index in [1.807, 2.05) is 18.2 Å². The predicted molar refractivity (Wildman–Crippen MR) is 121 cm³/mol. The van der Waals surface area contributed by atoms with Crippen LogP contribution in [0.1, 0.15) is 30.3 Å². The van der Waals surface area contributed by atoms with Crippen LogP contribution in [0.4, 0.5) is 5.69 Å². The van der Waals surface area contributed by atoms with E-state index in [-0.39, 0.29) is 10.6 Å². The lowest BCUT2D eigenvalue weighted by atomic mass is 10.0. The van der Waals surface area contributed by atoms with Crippen molar-refractivity contribution in [1.82, 2.24) is 14.1 Å². The van der Waals surface area contributed by atoms with E-state index in [1.165, 1.54) is 45.5 Å². The number of aromatic nitrogens is 2. The molecule has 0 aliphatic carbocycles. The molecule has 1 N–H and O–H groups in total. The highest BCUT2D eigenvalue weighted by atomic mass is 32.2. The molecule has 1 fully saturated rings.